The Hall–Kier alpha value is -2.49. The van der Waals surface area contributed by atoms with Crippen LogP contribution in [-0.2, 0) is 0 Å². The number of nitrogens with zero attached hydrogens (tertiary/aromatic N) is 2. The molecule has 0 unspecified atom stereocenters. The molecule has 2 aromatic heterocycles. The standard InChI is InChI=1S/C14H9FN2O/c15-12-6-9(3-4-13(12)18)11-8-16-7-10-2-1-5-17-14(10)11/h1-8,18H. The molecular weight excluding hydrogens is 231 g/mol. The van der Waals surface area contributed by atoms with Crippen molar-refractivity contribution in [2.75, 3.05) is 0 Å². The number of phenolic OH excluding ortho intramolecular Hbond substituents is 1. The molecule has 0 aliphatic rings. The first-order valence-electron chi connectivity index (χ1n) is 5.43. The summed E-state index contributed by atoms with van der Waals surface area (Å²) in [6.07, 6.45) is 5.03. The number of phenols is 1. The Morgan fingerprint density at radius 2 is 2.00 bits per heavy atom. The second-order valence-electron chi connectivity index (χ2n) is 3.93. The Balaban J connectivity index is 2.28. The minimum Gasteiger partial charge on any atom is -0.505 e. The van der Waals surface area contributed by atoms with Gasteiger partial charge >= 0.3 is 0 Å². The molecule has 0 aliphatic carbocycles. The Morgan fingerprint density at radius 1 is 1.11 bits per heavy atom. The van der Waals surface area contributed by atoms with Crippen LogP contribution in [0.5, 0.6) is 5.75 Å². The van der Waals surface area contributed by atoms with Crippen molar-refractivity contribution in [2.24, 2.45) is 0 Å². The van der Waals surface area contributed by atoms with Gasteiger partial charge in [-0.15, -0.1) is 0 Å². The summed E-state index contributed by atoms with van der Waals surface area (Å²) in [6.45, 7) is 0. The van der Waals surface area contributed by atoms with Crippen molar-refractivity contribution in [1.29, 1.82) is 0 Å². The molecule has 0 bridgehead atoms. The summed E-state index contributed by atoms with van der Waals surface area (Å²) in [7, 11) is 0. The zero-order valence-electron chi connectivity index (χ0n) is 9.34. The van der Waals surface area contributed by atoms with Gasteiger partial charge in [0.1, 0.15) is 0 Å². The summed E-state index contributed by atoms with van der Waals surface area (Å²) in [5.41, 5.74) is 2.15. The molecule has 0 saturated carbocycles. The van der Waals surface area contributed by atoms with E-state index in [-0.39, 0.29) is 5.75 Å². The molecule has 0 atom stereocenters. The lowest BCUT2D eigenvalue weighted by Crippen LogP contribution is -1.87. The number of aromatic nitrogens is 2. The van der Waals surface area contributed by atoms with Gasteiger partial charge in [-0.2, -0.15) is 0 Å². The van der Waals surface area contributed by atoms with Crippen molar-refractivity contribution in [2.45, 2.75) is 0 Å². The van der Waals surface area contributed by atoms with Crippen LogP contribution in [0.15, 0.2) is 48.9 Å². The van der Waals surface area contributed by atoms with Crippen molar-refractivity contribution in [3.05, 3.63) is 54.7 Å². The number of aromatic hydroxyl groups is 1. The third kappa shape index (κ3) is 1.68. The van der Waals surface area contributed by atoms with E-state index in [0.717, 1.165) is 16.5 Å². The quantitative estimate of drug-likeness (QED) is 0.710. The van der Waals surface area contributed by atoms with E-state index in [1.807, 2.05) is 12.1 Å². The summed E-state index contributed by atoms with van der Waals surface area (Å²) in [5.74, 6) is -1.01. The normalized spacial score (nSPS) is 10.7. The number of hydrogen-bond acceptors (Lipinski definition) is 3. The molecule has 1 N–H and O–H groups in total. The molecule has 0 radical (unpaired) electrons. The number of halogens is 1. The van der Waals surface area contributed by atoms with Crippen LogP contribution in [0.25, 0.3) is 22.0 Å². The molecular formula is C14H9FN2O. The van der Waals surface area contributed by atoms with Crippen LogP contribution in [-0.4, -0.2) is 15.1 Å². The van der Waals surface area contributed by atoms with Gasteiger partial charge in [0, 0.05) is 29.5 Å². The highest BCUT2D eigenvalue weighted by molar-refractivity contribution is 5.92. The van der Waals surface area contributed by atoms with E-state index < -0.39 is 5.82 Å². The van der Waals surface area contributed by atoms with Crippen LogP contribution in [0.2, 0.25) is 0 Å². The van der Waals surface area contributed by atoms with Gasteiger partial charge in [0.25, 0.3) is 0 Å². The Kier molecular flexibility index (Phi) is 2.41. The van der Waals surface area contributed by atoms with E-state index >= 15 is 0 Å². The molecule has 0 fully saturated rings. The highest BCUT2D eigenvalue weighted by Crippen LogP contribution is 2.28. The van der Waals surface area contributed by atoms with Crippen LogP contribution in [0, 0.1) is 5.82 Å². The van der Waals surface area contributed by atoms with Gasteiger partial charge in [-0.05, 0) is 29.8 Å². The molecule has 3 rings (SSSR count). The zero-order chi connectivity index (χ0) is 12.5. The lowest BCUT2D eigenvalue weighted by Gasteiger charge is -2.05. The fourth-order valence-corrected chi connectivity index (χ4v) is 1.89. The maximum absolute atomic E-state index is 13.4. The number of pyridine rings is 2. The first-order valence-corrected chi connectivity index (χ1v) is 5.43. The minimum atomic E-state index is -0.652. The van der Waals surface area contributed by atoms with E-state index in [2.05, 4.69) is 9.97 Å². The van der Waals surface area contributed by atoms with Crippen molar-refractivity contribution in [1.82, 2.24) is 9.97 Å². The van der Waals surface area contributed by atoms with Gasteiger partial charge in [-0.1, -0.05) is 6.07 Å². The van der Waals surface area contributed by atoms with Crippen molar-refractivity contribution < 1.29 is 9.50 Å². The minimum absolute atomic E-state index is 0.361. The number of rotatable bonds is 1. The van der Waals surface area contributed by atoms with Crippen LogP contribution in [0.1, 0.15) is 0 Å². The molecule has 0 aliphatic heterocycles. The van der Waals surface area contributed by atoms with E-state index in [4.69, 9.17) is 0 Å². The fraction of sp³-hybridized carbons (Fsp3) is 0. The molecule has 4 heteroatoms. The molecule has 88 valence electrons. The lowest BCUT2D eigenvalue weighted by atomic mass is 10.0. The highest BCUT2D eigenvalue weighted by Gasteiger charge is 2.08. The van der Waals surface area contributed by atoms with Crippen LogP contribution < -0.4 is 0 Å². The summed E-state index contributed by atoms with van der Waals surface area (Å²) >= 11 is 0. The van der Waals surface area contributed by atoms with Crippen molar-refractivity contribution in [3.63, 3.8) is 0 Å². The first kappa shape index (κ1) is 10.7. The molecule has 1 aromatic carbocycles. The average molecular weight is 240 g/mol. The van der Waals surface area contributed by atoms with Crippen LogP contribution in [0.3, 0.4) is 0 Å². The largest absolute Gasteiger partial charge is 0.505 e. The van der Waals surface area contributed by atoms with Gasteiger partial charge in [-0.3, -0.25) is 9.97 Å². The topological polar surface area (TPSA) is 46.0 Å². The Morgan fingerprint density at radius 3 is 2.83 bits per heavy atom. The number of benzene rings is 1. The molecule has 0 spiro atoms. The molecule has 0 saturated heterocycles. The summed E-state index contributed by atoms with van der Waals surface area (Å²) in [5, 5.41) is 10.1. The van der Waals surface area contributed by atoms with Gasteiger partial charge in [-0.25, -0.2) is 4.39 Å². The van der Waals surface area contributed by atoms with Crippen LogP contribution in [0.4, 0.5) is 4.39 Å². The zero-order valence-corrected chi connectivity index (χ0v) is 9.34. The van der Waals surface area contributed by atoms with E-state index in [9.17, 15) is 9.50 Å². The molecule has 2 heterocycles. The highest BCUT2D eigenvalue weighted by atomic mass is 19.1. The first-order chi connectivity index (χ1) is 8.75. The maximum atomic E-state index is 13.4. The van der Waals surface area contributed by atoms with E-state index in [1.54, 1.807) is 24.7 Å². The average Bonchev–Trinajstić information content (AvgIpc) is 2.41. The molecule has 18 heavy (non-hydrogen) atoms. The fourth-order valence-electron chi connectivity index (χ4n) is 1.89. The lowest BCUT2D eigenvalue weighted by molar-refractivity contribution is 0.432. The van der Waals surface area contributed by atoms with Crippen molar-refractivity contribution in [3.8, 4) is 16.9 Å². The Labute approximate surface area is 103 Å². The third-order valence-corrected chi connectivity index (χ3v) is 2.77. The maximum Gasteiger partial charge on any atom is 0.165 e. The van der Waals surface area contributed by atoms with Gasteiger partial charge in [0.05, 0.1) is 5.52 Å². The second-order valence-corrected chi connectivity index (χ2v) is 3.93. The molecule has 3 nitrogen and oxygen atoms in total. The predicted molar refractivity (Wildman–Crippen MR) is 66.6 cm³/mol. The number of fused-ring (bicyclic) bond motifs is 1. The molecule has 0 amide bonds. The number of hydrogen-bond donors (Lipinski definition) is 1. The molecule has 3 aromatic rings. The third-order valence-electron chi connectivity index (χ3n) is 2.77. The summed E-state index contributed by atoms with van der Waals surface area (Å²) < 4.78 is 13.4. The predicted octanol–water partition coefficient (Wildman–Crippen LogP) is 3.14. The Bertz CT molecular complexity index is 723. The van der Waals surface area contributed by atoms with E-state index in [0.29, 0.717) is 5.56 Å². The van der Waals surface area contributed by atoms with Crippen LogP contribution >= 0.6 is 0 Å². The summed E-state index contributed by atoms with van der Waals surface area (Å²) in [4.78, 5) is 8.40. The smallest absolute Gasteiger partial charge is 0.165 e. The second kappa shape index (κ2) is 4.07. The van der Waals surface area contributed by atoms with Gasteiger partial charge < -0.3 is 5.11 Å². The SMILES string of the molecule is Oc1ccc(-c2cncc3cccnc23)cc1F. The summed E-state index contributed by atoms with van der Waals surface area (Å²) in [6, 6.07) is 7.97. The van der Waals surface area contributed by atoms with E-state index in [1.165, 1.54) is 12.1 Å². The van der Waals surface area contributed by atoms with Crippen molar-refractivity contribution >= 4 is 10.9 Å². The monoisotopic (exact) mass is 240 g/mol. The van der Waals surface area contributed by atoms with Gasteiger partial charge in [0.15, 0.2) is 11.6 Å². The van der Waals surface area contributed by atoms with Gasteiger partial charge in [0.2, 0.25) is 0 Å².